The molecule has 0 radical (unpaired) electrons. The maximum Gasteiger partial charge on any atom is 0.420 e. The molecule has 41 heavy (non-hydrogen) atoms. The van der Waals surface area contributed by atoms with E-state index in [9.17, 15) is 27.6 Å². The molecular weight excluding hydrogens is 565 g/mol. The lowest BCUT2D eigenvalue weighted by Gasteiger charge is -2.19. The van der Waals surface area contributed by atoms with Crippen molar-refractivity contribution >= 4 is 35.0 Å². The van der Waals surface area contributed by atoms with Gasteiger partial charge in [-0.05, 0) is 74.5 Å². The first-order valence-corrected chi connectivity index (χ1v) is 13.1. The number of benzene rings is 2. The molecule has 1 fully saturated rings. The molecule has 13 heteroatoms. The average Bonchev–Trinajstić information content (AvgIpc) is 3.15. The lowest BCUT2D eigenvalue weighted by Crippen LogP contribution is -2.32. The maximum atomic E-state index is 13.5. The highest BCUT2D eigenvalue weighted by atomic mass is 32.2. The van der Waals surface area contributed by atoms with Gasteiger partial charge in [-0.25, -0.2) is 0 Å². The summed E-state index contributed by atoms with van der Waals surface area (Å²) in [4.78, 5) is 38.1. The van der Waals surface area contributed by atoms with Gasteiger partial charge in [0.15, 0.2) is 11.5 Å². The minimum atomic E-state index is -4.76. The normalized spacial score (nSPS) is 14.8. The summed E-state index contributed by atoms with van der Waals surface area (Å²) in [5, 5.41) is 8.45. The van der Waals surface area contributed by atoms with Crippen molar-refractivity contribution in [2.24, 2.45) is 0 Å². The van der Waals surface area contributed by atoms with Gasteiger partial charge in [-0.15, -0.1) is 0 Å². The van der Waals surface area contributed by atoms with E-state index in [0.29, 0.717) is 11.6 Å². The van der Waals surface area contributed by atoms with Gasteiger partial charge in [0, 0.05) is 0 Å². The second kappa shape index (κ2) is 13.1. The predicted molar refractivity (Wildman–Crippen MR) is 143 cm³/mol. The summed E-state index contributed by atoms with van der Waals surface area (Å²) in [5.41, 5.74) is -1.47. The molecule has 2 aromatic carbocycles. The van der Waals surface area contributed by atoms with Crippen LogP contribution in [0.2, 0.25) is 0 Å². The fraction of sp³-hybridized carbons (Fsp3) is 0.357. The molecule has 218 valence electrons. The van der Waals surface area contributed by atoms with Crippen molar-refractivity contribution in [3.05, 3.63) is 58.0 Å². The van der Waals surface area contributed by atoms with Crippen LogP contribution in [0.15, 0.2) is 41.3 Å². The van der Waals surface area contributed by atoms with Crippen LogP contribution < -0.4 is 9.47 Å². The third-order valence-corrected chi connectivity index (χ3v) is 6.23. The number of ether oxygens (including phenoxy) is 4. The standard InChI is InChI=1S/C28H27F3N2O7S/c1-27(2,3)40-24(34)9-11-38-12-10-33-25(35)23(41-26(33)36)15-17-5-8-21(22(14-17)37-4)39-20-7-6-18(16-32)13-19(20)28(29,30)31/h5-8,13-15H,9-12H2,1-4H3/b23-15-. The lowest BCUT2D eigenvalue weighted by atomic mass is 10.1. The summed E-state index contributed by atoms with van der Waals surface area (Å²) in [6.45, 7) is 5.34. The molecule has 2 amide bonds. The first-order chi connectivity index (χ1) is 19.2. The van der Waals surface area contributed by atoms with Crippen LogP contribution in [0.1, 0.15) is 43.9 Å². The highest BCUT2D eigenvalue weighted by Crippen LogP contribution is 2.41. The Morgan fingerprint density at radius 3 is 2.39 bits per heavy atom. The summed E-state index contributed by atoms with van der Waals surface area (Å²) in [6.07, 6.45) is -3.28. The van der Waals surface area contributed by atoms with Crippen LogP contribution in [-0.4, -0.2) is 54.5 Å². The number of amides is 2. The van der Waals surface area contributed by atoms with Gasteiger partial charge < -0.3 is 18.9 Å². The van der Waals surface area contributed by atoms with E-state index in [1.807, 2.05) is 0 Å². The lowest BCUT2D eigenvalue weighted by molar-refractivity contribution is -0.156. The number of carbonyl (C=O) groups is 3. The first-order valence-electron chi connectivity index (χ1n) is 12.2. The van der Waals surface area contributed by atoms with Gasteiger partial charge in [0.05, 0.1) is 55.4 Å². The van der Waals surface area contributed by atoms with Gasteiger partial charge in [-0.3, -0.25) is 19.3 Å². The van der Waals surface area contributed by atoms with E-state index >= 15 is 0 Å². The molecule has 9 nitrogen and oxygen atoms in total. The van der Waals surface area contributed by atoms with Gasteiger partial charge in [0.2, 0.25) is 0 Å². The number of carbonyl (C=O) groups excluding carboxylic acids is 3. The summed E-state index contributed by atoms with van der Waals surface area (Å²) in [6, 6.07) is 8.91. The highest BCUT2D eigenvalue weighted by molar-refractivity contribution is 8.18. The molecule has 1 aliphatic rings. The quantitative estimate of drug-likeness (QED) is 0.182. The number of hydrogen-bond donors (Lipinski definition) is 0. The van der Waals surface area contributed by atoms with Crippen molar-refractivity contribution in [3.8, 4) is 23.3 Å². The molecule has 0 bridgehead atoms. The third-order valence-electron chi connectivity index (χ3n) is 5.32. The van der Waals surface area contributed by atoms with Crippen molar-refractivity contribution in [1.82, 2.24) is 4.90 Å². The Balaban J connectivity index is 1.66. The minimum absolute atomic E-state index is 0.0153. The summed E-state index contributed by atoms with van der Waals surface area (Å²) in [5.74, 6) is -1.43. The van der Waals surface area contributed by atoms with E-state index in [1.165, 1.54) is 37.5 Å². The van der Waals surface area contributed by atoms with E-state index in [4.69, 9.17) is 24.2 Å². The first kappa shape index (κ1) is 31.5. The second-order valence-corrected chi connectivity index (χ2v) is 10.6. The van der Waals surface area contributed by atoms with Gasteiger partial charge >= 0.3 is 12.1 Å². The van der Waals surface area contributed by atoms with E-state index in [0.717, 1.165) is 22.7 Å². The number of hydrogen-bond acceptors (Lipinski definition) is 9. The maximum absolute atomic E-state index is 13.5. The monoisotopic (exact) mass is 592 g/mol. The van der Waals surface area contributed by atoms with Gasteiger partial charge in [0.25, 0.3) is 11.1 Å². The van der Waals surface area contributed by atoms with Crippen molar-refractivity contribution in [2.75, 3.05) is 26.9 Å². The van der Waals surface area contributed by atoms with Crippen LogP contribution in [0.25, 0.3) is 6.08 Å². The zero-order valence-corrected chi connectivity index (χ0v) is 23.5. The van der Waals surface area contributed by atoms with Gasteiger partial charge in [-0.1, -0.05) is 6.07 Å². The Morgan fingerprint density at radius 2 is 1.76 bits per heavy atom. The Kier molecular flexibility index (Phi) is 10.1. The molecule has 0 aromatic heterocycles. The smallest absolute Gasteiger partial charge is 0.420 e. The van der Waals surface area contributed by atoms with Crippen molar-refractivity contribution in [2.45, 2.75) is 39.0 Å². The average molecular weight is 593 g/mol. The molecule has 1 saturated heterocycles. The Bertz CT molecular complexity index is 1390. The predicted octanol–water partition coefficient (Wildman–Crippen LogP) is 6.16. The second-order valence-electron chi connectivity index (χ2n) is 9.62. The summed E-state index contributed by atoms with van der Waals surface area (Å²) >= 11 is 0.726. The largest absolute Gasteiger partial charge is 0.493 e. The van der Waals surface area contributed by atoms with Crippen LogP contribution in [-0.2, 0) is 25.2 Å². The molecule has 0 unspecified atom stereocenters. The molecule has 0 aliphatic carbocycles. The number of rotatable bonds is 10. The molecule has 2 aromatic rings. The Labute approximate surface area is 238 Å². The van der Waals surface area contributed by atoms with Crippen molar-refractivity contribution < 1.29 is 46.5 Å². The number of esters is 1. The van der Waals surface area contributed by atoms with E-state index in [2.05, 4.69) is 0 Å². The van der Waals surface area contributed by atoms with E-state index in [1.54, 1.807) is 26.8 Å². The molecule has 0 saturated carbocycles. The highest BCUT2D eigenvalue weighted by Gasteiger charge is 2.36. The molecule has 1 heterocycles. The number of imide groups is 1. The fourth-order valence-corrected chi connectivity index (χ4v) is 4.40. The molecule has 0 N–H and O–H groups in total. The van der Waals surface area contributed by atoms with Crippen LogP contribution in [0, 0.1) is 11.3 Å². The molecular formula is C28H27F3N2O7S. The van der Waals surface area contributed by atoms with Crippen LogP contribution in [0.4, 0.5) is 18.0 Å². The Morgan fingerprint density at radius 1 is 1.05 bits per heavy atom. The SMILES string of the molecule is COc1cc(/C=C2\SC(=O)N(CCOCCC(=O)OC(C)(C)C)C2=O)ccc1Oc1ccc(C#N)cc1C(F)(F)F. The summed E-state index contributed by atoms with van der Waals surface area (Å²) < 4.78 is 61.9. The minimum Gasteiger partial charge on any atom is -0.493 e. The molecule has 0 spiro atoms. The van der Waals surface area contributed by atoms with Crippen molar-refractivity contribution in [1.29, 1.82) is 5.26 Å². The number of halogens is 3. The third kappa shape index (κ3) is 8.73. The fourth-order valence-electron chi connectivity index (χ4n) is 3.54. The number of nitriles is 1. The number of methoxy groups -OCH3 is 1. The number of thioether (sulfide) groups is 1. The van der Waals surface area contributed by atoms with Gasteiger partial charge in [-0.2, -0.15) is 18.4 Å². The summed E-state index contributed by atoms with van der Waals surface area (Å²) in [7, 11) is 1.30. The molecule has 1 aliphatic heterocycles. The van der Waals surface area contributed by atoms with E-state index in [-0.39, 0.29) is 48.1 Å². The van der Waals surface area contributed by atoms with E-state index < -0.39 is 40.2 Å². The molecule has 0 atom stereocenters. The Hall–Kier alpha value is -4.02. The topological polar surface area (TPSA) is 115 Å². The number of nitrogens with zero attached hydrogens (tertiary/aromatic N) is 2. The zero-order valence-electron chi connectivity index (χ0n) is 22.7. The van der Waals surface area contributed by atoms with Crippen LogP contribution >= 0.6 is 11.8 Å². The van der Waals surface area contributed by atoms with Gasteiger partial charge in [0.1, 0.15) is 11.4 Å². The van der Waals surface area contributed by atoms with Crippen LogP contribution in [0.5, 0.6) is 17.2 Å². The van der Waals surface area contributed by atoms with Crippen molar-refractivity contribution in [3.63, 3.8) is 0 Å². The zero-order chi connectivity index (χ0) is 30.4. The molecule has 3 rings (SSSR count). The number of alkyl halides is 3. The van der Waals surface area contributed by atoms with Crippen LogP contribution in [0.3, 0.4) is 0 Å².